The third-order valence-electron chi connectivity index (χ3n) is 5.52. The lowest BCUT2D eigenvalue weighted by Crippen LogP contribution is -2.57. The summed E-state index contributed by atoms with van der Waals surface area (Å²) in [7, 11) is 0. The maximum Gasteiger partial charge on any atom is 0.160 e. The summed E-state index contributed by atoms with van der Waals surface area (Å²) >= 11 is 6.53. The van der Waals surface area contributed by atoms with E-state index in [4.69, 9.17) is 30.5 Å². The van der Waals surface area contributed by atoms with Gasteiger partial charge in [0.2, 0.25) is 0 Å². The van der Waals surface area contributed by atoms with Gasteiger partial charge in [-0.3, -0.25) is 0 Å². The van der Waals surface area contributed by atoms with Crippen LogP contribution in [0.5, 0.6) is 0 Å². The van der Waals surface area contributed by atoms with Crippen LogP contribution in [0.1, 0.15) is 16.7 Å². The molecule has 4 rings (SSSR count). The van der Waals surface area contributed by atoms with Crippen molar-refractivity contribution in [2.24, 2.45) is 0 Å². The van der Waals surface area contributed by atoms with Crippen LogP contribution in [0.3, 0.4) is 0 Å². The predicted molar refractivity (Wildman–Crippen MR) is 126 cm³/mol. The van der Waals surface area contributed by atoms with Crippen LogP contribution in [-0.4, -0.2) is 36.7 Å². The Balaban J connectivity index is 1.41. The number of ether oxygens (including phenoxy) is 4. The fourth-order valence-corrected chi connectivity index (χ4v) is 4.10. The number of rotatable bonds is 10. The second-order valence-electron chi connectivity index (χ2n) is 7.99. The number of alkyl halides is 2. The SMILES string of the molecule is FC1C(COCc2ccccc2)OC(Cl)C(OCc2ccccc2)C1OCc1ccccc1. The van der Waals surface area contributed by atoms with Crippen molar-refractivity contribution in [2.45, 2.75) is 49.9 Å². The van der Waals surface area contributed by atoms with E-state index < -0.39 is 30.0 Å². The molecule has 0 aliphatic carbocycles. The van der Waals surface area contributed by atoms with Crippen LogP contribution in [0.25, 0.3) is 0 Å². The van der Waals surface area contributed by atoms with Gasteiger partial charge >= 0.3 is 0 Å². The molecule has 5 unspecified atom stereocenters. The fraction of sp³-hybridized carbons (Fsp3) is 0.333. The van der Waals surface area contributed by atoms with Crippen LogP contribution in [0, 0.1) is 0 Å². The summed E-state index contributed by atoms with van der Waals surface area (Å²) in [5.74, 6) is 0. The van der Waals surface area contributed by atoms with Crippen molar-refractivity contribution < 1.29 is 23.3 Å². The lowest BCUT2D eigenvalue weighted by atomic mass is 10.0. The maximum absolute atomic E-state index is 15.6. The van der Waals surface area contributed by atoms with Gasteiger partial charge in [-0.15, -0.1) is 0 Å². The Labute approximate surface area is 199 Å². The molecule has 0 N–H and O–H groups in total. The molecule has 1 aliphatic heterocycles. The Morgan fingerprint density at radius 1 is 0.667 bits per heavy atom. The van der Waals surface area contributed by atoms with Gasteiger partial charge in [0.25, 0.3) is 0 Å². The van der Waals surface area contributed by atoms with Crippen LogP contribution < -0.4 is 0 Å². The minimum atomic E-state index is -1.46. The minimum Gasteiger partial charge on any atom is -0.374 e. The van der Waals surface area contributed by atoms with Crippen molar-refractivity contribution in [2.75, 3.05) is 6.61 Å². The highest BCUT2D eigenvalue weighted by molar-refractivity contribution is 6.20. The molecule has 1 saturated heterocycles. The third-order valence-corrected chi connectivity index (χ3v) is 5.87. The van der Waals surface area contributed by atoms with Gasteiger partial charge in [-0.25, -0.2) is 4.39 Å². The molecule has 3 aromatic carbocycles. The zero-order chi connectivity index (χ0) is 22.9. The van der Waals surface area contributed by atoms with Crippen LogP contribution in [0.4, 0.5) is 4.39 Å². The van der Waals surface area contributed by atoms with Gasteiger partial charge in [-0.05, 0) is 16.7 Å². The van der Waals surface area contributed by atoms with Gasteiger partial charge in [-0.2, -0.15) is 0 Å². The molecular weight excluding hydrogens is 443 g/mol. The van der Waals surface area contributed by atoms with Gasteiger partial charge < -0.3 is 18.9 Å². The summed E-state index contributed by atoms with van der Waals surface area (Å²) in [6.45, 7) is 0.962. The largest absolute Gasteiger partial charge is 0.374 e. The summed E-state index contributed by atoms with van der Waals surface area (Å²) in [5, 5.41) is 0. The number of hydrogen-bond donors (Lipinski definition) is 0. The van der Waals surface area contributed by atoms with Crippen LogP contribution in [-0.2, 0) is 38.8 Å². The van der Waals surface area contributed by atoms with E-state index in [1.54, 1.807) is 0 Å². The molecule has 1 heterocycles. The highest BCUT2D eigenvalue weighted by atomic mass is 35.5. The first-order valence-electron chi connectivity index (χ1n) is 11.1. The van der Waals surface area contributed by atoms with E-state index in [1.807, 2.05) is 91.0 Å². The number of halogens is 2. The smallest absolute Gasteiger partial charge is 0.160 e. The lowest BCUT2D eigenvalue weighted by molar-refractivity contribution is -0.226. The second kappa shape index (κ2) is 12.3. The zero-order valence-corrected chi connectivity index (χ0v) is 19.0. The molecule has 4 nitrogen and oxygen atoms in total. The van der Waals surface area contributed by atoms with E-state index in [9.17, 15) is 0 Å². The number of hydrogen-bond acceptors (Lipinski definition) is 4. The molecule has 0 aromatic heterocycles. The lowest BCUT2D eigenvalue weighted by Gasteiger charge is -2.41. The highest BCUT2D eigenvalue weighted by Crippen LogP contribution is 2.31. The first kappa shape index (κ1) is 23.9. The van der Waals surface area contributed by atoms with E-state index in [2.05, 4.69) is 0 Å². The normalized spacial score (nSPS) is 25.1. The molecule has 0 amide bonds. The topological polar surface area (TPSA) is 36.9 Å². The predicted octanol–water partition coefficient (Wildman–Crippen LogP) is 5.68. The van der Waals surface area contributed by atoms with Gasteiger partial charge in [0.1, 0.15) is 18.3 Å². The van der Waals surface area contributed by atoms with Crippen LogP contribution in [0.15, 0.2) is 91.0 Å². The Morgan fingerprint density at radius 3 is 1.64 bits per heavy atom. The maximum atomic E-state index is 15.6. The van der Waals surface area contributed by atoms with E-state index in [-0.39, 0.29) is 19.8 Å². The molecule has 0 spiro atoms. The molecule has 0 saturated carbocycles. The summed E-state index contributed by atoms with van der Waals surface area (Å²) in [5.41, 5.74) is 2.05. The van der Waals surface area contributed by atoms with Crippen molar-refractivity contribution in [1.29, 1.82) is 0 Å². The fourth-order valence-electron chi connectivity index (χ4n) is 3.75. The van der Waals surface area contributed by atoms with Gasteiger partial charge in [0, 0.05) is 0 Å². The standard InChI is InChI=1S/C27H28ClFO4/c28-27-26(32-18-22-14-8-3-9-15-22)25(31-17-21-12-6-2-7-13-21)24(29)23(33-27)19-30-16-20-10-4-1-5-11-20/h1-15,23-27H,16-19H2. The molecule has 1 fully saturated rings. The molecule has 0 bridgehead atoms. The van der Waals surface area contributed by atoms with E-state index in [0.717, 1.165) is 16.7 Å². The van der Waals surface area contributed by atoms with E-state index in [0.29, 0.717) is 6.61 Å². The molecular formula is C27H28ClFO4. The van der Waals surface area contributed by atoms with E-state index >= 15 is 4.39 Å². The Hall–Kier alpha value is -2.28. The Bertz CT molecular complexity index is 944. The van der Waals surface area contributed by atoms with Crippen molar-refractivity contribution in [3.05, 3.63) is 108 Å². The van der Waals surface area contributed by atoms with Crippen molar-refractivity contribution in [3.63, 3.8) is 0 Å². The molecule has 174 valence electrons. The summed E-state index contributed by atoms with van der Waals surface area (Å²) in [6.07, 6.45) is -3.97. The Morgan fingerprint density at radius 2 is 1.12 bits per heavy atom. The monoisotopic (exact) mass is 470 g/mol. The van der Waals surface area contributed by atoms with Crippen LogP contribution >= 0.6 is 11.6 Å². The van der Waals surface area contributed by atoms with Gasteiger partial charge in [0.05, 0.1) is 26.4 Å². The Kier molecular flexibility index (Phi) is 8.86. The molecule has 5 atom stereocenters. The molecule has 0 radical (unpaired) electrons. The first-order chi connectivity index (χ1) is 16.2. The number of benzene rings is 3. The van der Waals surface area contributed by atoms with Gasteiger partial charge in [0.15, 0.2) is 11.7 Å². The van der Waals surface area contributed by atoms with Gasteiger partial charge in [-0.1, -0.05) is 103 Å². The quantitative estimate of drug-likeness (QED) is 0.357. The average Bonchev–Trinajstić information content (AvgIpc) is 2.86. The first-order valence-corrected chi connectivity index (χ1v) is 11.5. The van der Waals surface area contributed by atoms with Crippen molar-refractivity contribution in [3.8, 4) is 0 Å². The molecule has 1 aliphatic rings. The molecule has 3 aromatic rings. The van der Waals surface area contributed by atoms with Crippen molar-refractivity contribution >= 4 is 11.6 Å². The summed E-state index contributed by atoms with van der Waals surface area (Å²) < 4.78 is 39.2. The second-order valence-corrected chi connectivity index (χ2v) is 8.42. The minimum absolute atomic E-state index is 0.0654. The third kappa shape index (κ3) is 6.85. The van der Waals surface area contributed by atoms with Crippen molar-refractivity contribution in [1.82, 2.24) is 0 Å². The average molecular weight is 471 g/mol. The summed E-state index contributed by atoms with van der Waals surface area (Å²) in [6, 6.07) is 29.0. The van der Waals surface area contributed by atoms with E-state index in [1.165, 1.54) is 0 Å². The molecule has 33 heavy (non-hydrogen) atoms. The summed E-state index contributed by atoms with van der Waals surface area (Å²) in [4.78, 5) is 0. The molecule has 6 heteroatoms. The highest BCUT2D eigenvalue weighted by Gasteiger charge is 2.47. The zero-order valence-electron chi connectivity index (χ0n) is 18.3. The van der Waals surface area contributed by atoms with Crippen LogP contribution in [0.2, 0.25) is 0 Å².